The van der Waals surface area contributed by atoms with Crippen LogP contribution in [0.2, 0.25) is 0 Å². The molecule has 2 aromatic rings. The number of fused-ring (bicyclic) bond motifs is 4. The molecule has 5 rings (SSSR count). The van der Waals surface area contributed by atoms with Crippen LogP contribution in [0.4, 0.5) is 0 Å². The van der Waals surface area contributed by atoms with E-state index in [0.29, 0.717) is 18.9 Å². The second-order valence-corrected chi connectivity index (χ2v) is 8.24. The molecule has 1 amide bonds. The minimum Gasteiger partial charge on any atom is -0.348 e. The molecule has 5 nitrogen and oxygen atoms in total. The molecule has 1 spiro atoms. The molecule has 1 saturated heterocycles. The van der Waals surface area contributed by atoms with Gasteiger partial charge < -0.3 is 15.2 Å². The van der Waals surface area contributed by atoms with Gasteiger partial charge in [0.15, 0.2) is 5.78 Å². The Morgan fingerprint density at radius 2 is 2.12 bits per heavy atom. The summed E-state index contributed by atoms with van der Waals surface area (Å²) in [6.07, 6.45) is 6.28. The van der Waals surface area contributed by atoms with E-state index in [9.17, 15) is 9.59 Å². The molecule has 1 atom stereocenters. The van der Waals surface area contributed by atoms with E-state index in [1.807, 2.05) is 24.3 Å². The lowest BCUT2D eigenvalue weighted by atomic mass is 9.75. The lowest BCUT2D eigenvalue weighted by Crippen LogP contribution is -2.55. The van der Waals surface area contributed by atoms with Crippen LogP contribution in [0, 0.1) is 5.92 Å². The first-order valence-corrected chi connectivity index (χ1v) is 9.84. The van der Waals surface area contributed by atoms with Crippen molar-refractivity contribution in [3.8, 4) is 0 Å². The van der Waals surface area contributed by atoms with Gasteiger partial charge in [-0.2, -0.15) is 0 Å². The van der Waals surface area contributed by atoms with Gasteiger partial charge in [0.2, 0.25) is 0 Å². The molecule has 3 aliphatic rings. The van der Waals surface area contributed by atoms with Crippen molar-refractivity contribution < 1.29 is 9.59 Å². The van der Waals surface area contributed by atoms with E-state index in [1.165, 1.54) is 6.42 Å². The molecule has 2 N–H and O–H groups in total. The smallest absolute Gasteiger partial charge is 0.268 e. The van der Waals surface area contributed by atoms with E-state index in [0.717, 1.165) is 60.9 Å². The van der Waals surface area contributed by atoms with Crippen LogP contribution in [0.3, 0.4) is 0 Å². The number of rotatable bonds is 3. The molecule has 1 aromatic heterocycles. The fraction of sp³-hybridized carbons (Fsp3) is 0.524. The first kappa shape index (κ1) is 16.1. The number of ketones is 1. The Labute approximate surface area is 153 Å². The van der Waals surface area contributed by atoms with Gasteiger partial charge in [-0.3, -0.25) is 9.59 Å². The lowest BCUT2D eigenvalue weighted by molar-refractivity contribution is 0.0763. The van der Waals surface area contributed by atoms with Crippen molar-refractivity contribution >= 4 is 22.6 Å². The summed E-state index contributed by atoms with van der Waals surface area (Å²) >= 11 is 0. The average molecular weight is 351 g/mol. The molecule has 1 saturated carbocycles. The maximum atomic E-state index is 12.8. The van der Waals surface area contributed by atoms with Crippen LogP contribution < -0.4 is 10.6 Å². The number of piperidine rings is 1. The summed E-state index contributed by atoms with van der Waals surface area (Å²) in [5.74, 6) is 0.663. The van der Waals surface area contributed by atoms with E-state index >= 15 is 0 Å². The van der Waals surface area contributed by atoms with Crippen LogP contribution in [0.1, 0.15) is 59.4 Å². The minimum atomic E-state index is -0.000110. The number of hydrogen-bond acceptors (Lipinski definition) is 3. The molecule has 2 fully saturated rings. The Bertz CT molecular complexity index is 888. The summed E-state index contributed by atoms with van der Waals surface area (Å²) in [5, 5.41) is 7.49. The van der Waals surface area contributed by atoms with Crippen LogP contribution in [-0.2, 0) is 5.54 Å². The molecule has 26 heavy (non-hydrogen) atoms. The first-order valence-electron chi connectivity index (χ1n) is 9.84. The van der Waals surface area contributed by atoms with Crippen molar-refractivity contribution in [3.05, 3.63) is 35.5 Å². The summed E-state index contributed by atoms with van der Waals surface area (Å²) in [6.45, 7) is 2.71. The fourth-order valence-corrected chi connectivity index (χ4v) is 4.93. The van der Waals surface area contributed by atoms with Gasteiger partial charge in [-0.1, -0.05) is 12.1 Å². The maximum absolute atomic E-state index is 12.8. The van der Waals surface area contributed by atoms with Crippen molar-refractivity contribution in [2.45, 2.75) is 44.1 Å². The predicted molar refractivity (Wildman–Crippen MR) is 101 cm³/mol. The summed E-state index contributed by atoms with van der Waals surface area (Å²) in [4.78, 5) is 25.2. The van der Waals surface area contributed by atoms with E-state index < -0.39 is 0 Å². The van der Waals surface area contributed by atoms with Crippen molar-refractivity contribution in [1.82, 2.24) is 15.2 Å². The molecule has 1 aliphatic carbocycles. The topological polar surface area (TPSA) is 63.1 Å². The SMILES string of the molecule is O=C(C[C@H]1CCCNC1)c1ccc2cc3n(c2c1)C1(CCC1)CNC3=O. The van der Waals surface area contributed by atoms with Gasteiger partial charge in [-0.15, -0.1) is 0 Å². The number of nitrogens with one attached hydrogen (secondary N) is 2. The summed E-state index contributed by atoms with van der Waals surface area (Å²) in [5.41, 5.74) is 2.58. The Morgan fingerprint density at radius 1 is 1.23 bits per heavy atom. The molecule has 0 radical (unpaired) electrons. The van der Waals surface area contributed by atoms with Crippen molar-refractivity contribution in [1.29, 1.82) is 0 Å². The van der Waals surface area contributed by atoms with Crippen molar-refractivity contribution in [2.24, 2.45) is 5.92 Å². The van der Waals surface area contributed by atoms with Crippen LogP contribution >= 0.6 is 0 Å². The minimum absolute atomic E-state index is 0.000110. The number of aromatic nitrogens is 1. The second kappa shape index (κ2) is 5.95. The molecular formula is C21H25N3O2. The zero-order chi connectivity index (χ0) is 17.7. The van der Waals surface area contributed by atoms with E-state index in [-0.39, 0.29) is 17.2 Å². The first-order chi connectivity index (χ1) is 12.7. The Hall–Kier alpha value is -2.14. The molecule has 2 aliphatic heterocycles. The number of benzene rings is 1. The third-order valence-electron chi connectivity index (χ3n) is 6.57. The zero-order valence-electron chi connectivity index (χ0n) is 15.0. The van der Waals surface area contributed by atoms with Gasteiger partial charge in [0.25, 0.3) is 5.91 Å². The highest BCUT2D eigenvalue weighted by molar-refractivity contribution is 6.03. The van der Waals surface area contributed by atoms with Crippen LogP contribution in [0.5, 0.6) is 0 Å². The molecule has 136 valence electrons. The molecule has 0 unspecified atom stereocenters. The third-order valence-corrected chi connectivity index (χ3v) is 6.57. The van der Waals surface area contributed by atoms with Gasteiger partial charge in [0, 0.05) is 29.4 Å². The standard InChI is InChI=1S/C21H25N3O2/c25-19(9-14-3-1-8-22-12-14)16-5-4-15-10-18-20(26)23-13-21(6-2-7-21)24(18)17(15)11-16/h4-5,10-11,14,22H,1-3,6-9,12-13H2,(H,23,26)/t14-/m1/s1. The fourth-order valence-electron chi connectivity index (χ4n) is 4.93. The normalized spacial score (nSPS) is 24.2. The van der Waals surface area contributed by atoms with Gasteiger partial charge in [-0.25, -0.2) is 0 Å². The van der Waals surface area contributed by atoms with E-state index in [4.69, 9.17) is 0 Å². The average Bonchev–Trinajstić information content (AvgIpc) is 3.02. The van der Waals surface area contributed by atoms with Gasteiger partial charge in [-0.05, 0) is 63.2 Å². The quantitative estimate of drug-likeness (QED) is 0.836. The zero-order valence-corrected chi connectivity index (χ0v) is 15.0. The van der Waals surface area contributed by atoms with Gasteiger partial charge in [0.1, 0.15) is 5.69 Å². The highest BCUT2D eigenvalue weighted by Crippen LogP contribution is 2.44. The molecule has 5 heteroatoms. The van der Waals surface area contributed by atoms with Crippen molar-refractivity contribution in [2.75, 3.05) is 19.6 Å². The monoisotopic (exact) mass is 351 g/mol. The highest BCUT2D eigenvalue weighted by atomic mass is 16.2. The third kappa shape index (κ3) is 2.41. The summed E-state index contributed by atoms with van der Waals surface area (Å²) in [7, 11) is 0. The Morgan fingerprint density at radius 3 is 2.85 bits per heavy atom. The molecular weight excluding hydrogens is 326 g/mol. The molecule has 0 bridgehead atoms. The number of carbonyl (C=O) groups is 2. The number of nitrogens with zero attached hydrogens (tertiary/aromatic N) is 1. The van der Waals surface area contributed by atoms with Crippen molar-refractivity contribution in [3.63, 3.8) is 0 Å². The van der Waals surface area contributed by atoms with E-state index in [1.54, 1.807) is 0 Å². The molecule has 1 aromatic carbocycles. The van der Waals surface area contributed by atoms with Gasteiger partial charge >= 0.3 is 0 Å². The second-order valence-electron chi connectivity index (χ2n) is 8.24. The molecule has 3 heterocycles. The maximum Gasteiger partial charge on any atom is 0.268 e. The predicted octanol–water partition coefficient (Wildman–Crippen LogP) is 2.84. The Balaban J connectivity index is 1.52. The number of amides is 1. The largest absolute Gasteiger partial charge is 0.348 e. The number of hydrogen-bond donors (Lipinski definition) is 2. The van der Waals surface area contributed by atoms with Gasteiger partial charge in [0.05, 0.1) is 5.54 Å². The van der Waals surface area contributed by atoms with E-state index in [2.05, 4.69) is 15.2 Å². The van der Waals surface area contributed by atoms with Crippen LogP contribution in [-0.4, -0.2) is 35.9 Å². The number of carbonyl (C=O) groups excluding carboxylic acids is 2. The van der Waals surface area contributed by atoms with Crippen LogP contribution in [0.15, 0.2) is 24.3 Å². The highest BCUT2D eigenvalue weighted by Gasteiger charge is 2.44. The summed E-state index contributed by atoms with van der Waals surface area (Å²) in [6, 6.07) is 7.93. The number of Topliss-reactive ketones (excluding diaryl/α,β-unsaturated/α-hetero) is 1. The summed E-state index contributed by atoms with van der Waals surface area (Å²) < 4.78 is 2.23. The Kier molecular flexibility index (Phi) is 3.67. The van der Waals surface area contributed by atoms with Crippen LogP contribution in [0.25, 0.3) is 10.9 Å². The lowest BCUT2D eigenvalue weighted by Gasteiger charge is -2.47.